The van der Waals surface area contributed by atoms with Crippen LogP contribution in [0, 0.1) is 0 Å². The third-order valence-corrected chi connectivity index (χ3v) is 1.92. The SMILES string of the molecule is CO[13C](=O)[13CH2][15NH]C(=O)c1ccc(COC(C)=O)o1. The van der Waals surface area contributed by atoms with Gasteiger partial charge in [-0.2, -0.15) is 0 Å². The van der Waals surface area contributed by atoms with Crippen molar-refractivity contribution in [3.8, 4) is 0 Å². The van der Waals surface area contributed by atoms with E-state index in [1.807, 2.05) is 0 Å². The van der Waals surface area contributed by atoms with Crippen molar-refractivity contribution in [2.45, 2.75) is 13.5 Å². The van der Waals surface area contributed by atoms with Crippen molar-refractivity contribution in [2.75, 3.05) is 13.7 Å². The molecule has 0 aromatic carbocycles. The Morgan fingerprint density at radius 3 is 2.67 bits per heavy atom. The molecule has 0 aliphatic carbocycles. The molecule has 1 aromatic heterocycles. The number of carbonyl (C=O) groups excluding carboxylic acids is 3. The molecular weight excluding hydrogens is 245 g/mol. The Labute approximate surface area is 103 Å². The molecule has 1 amide bonds. The van der Waals surface area contributed by atoms with Gasteiger partial charge in [0.05, 0.1) is 7.11 Å². The van der Waals surface area contributed by atoms with Gasteiger partial charge in [0.1, 0.15) is 18.9 Å². The summed E-state index contributed by atoms with van der Waals surface area (Å²) in [5.74, 6) is -1.18. The van der Waals surface area contributed by atoms with Crippen LogP contribution in [0.4, 0.5) is 0 Å². The van der Waals surface area contributed by atoms with Gasteiger partial charge in [0.25, 0.3) is 5.91 Å². The highest BCUT2D eigenvalue weighted by molar-refractivity contribution is 5.93. The smallest absolute Gasteiger partial charge is 0.325 e. The summed E-state index contributed by atoms with van der Waals surface area (Å²) < 4.78 is 14.2. The van der Waals surface area contributed by atoms with Crippen LogP contribution in [-0.2, 0) is 25.7 Å². The molecule has 0 saturated heterocycles. The molecule has 1 rings (SSSR count). The number of nitrogens with one attached hydrogen (secondary N) is 1. The topological polar surface area (TPSA) is 94.8 Å². The third kappa shape index (κ3) is 4.28. The van der Waals surface area contributed by atoms with E-state index in [1.54, 1.807) is 0 Å². The Morgan fingerprint density at radius 1 is 1.33 bits per heavy atom. The first-order valence-electron chi connectivity index (χ1n) is 5.10. The standard InChI is InChI=1S/C11H13NO6/c1-7(13)17-6-8-3-4-9(18-8)11(15)12-5-10(14)16-2/h3-4H,5-6H2,1-2H3,(H,12,15)/i5+1,10+1,12+1. The largest absolute Gasteiger partial charge is 0.468 e. The minimum Gasteiger partial charge on any atom is -0.468 e. The molecule has 1 N–H and O–H groups in total. The quantitative estimate of drug-likeness (QED) is 0.462. The maximum Gasteiger partial charge on any atom is 0.325 e. The molecule has 7 nitrogen and oxygen atoms in total. The maximum atomic E-state index is 11.5. The van der Waals surface area contributed by atoms with Crippen LogP contribution in [0.25, 0.3) is 0 Å². The van der Waals surface area contributed by atoms with Gasteiger partial charge in [-0.25, -0.2) is 0 Å². The second kappa shape index (κ2) is 6.43. The van der Waals surface area contributed by atoms with Gasteiger partial charge >= 0.3 is 11.9 Å². The number of hydrogen-bond acceptors (Lipinski definition) is 6. The number of rotatable bonds is 5. The molecule has 0 aliphatic rings. The predicted molar refractivity (Wildman–Crippen MR) is 58.5 cm³/mol. The van der Waals surface area contributed by atoms with E-state index in [1.165, 1.54) is 26.2 Å². The molecule has 0 atom stereocenters. The predicted octanol–water partition coefficient (Wildman–Crippen LogP) is 0.245. The minimum atomic E-state index is -0.560. The molecule has 7 heteroatoms. The van der Waals surface area contributed by atoms with Gasteiger partial charge in [-0.15, -0.1) is 0 Å². The molecule has 0 unspecified atom stereocenters. The zero-order valence-electron chi connectivity index (χ0n) is 10.0. The van der Waals surface area contributed by atoms with Gasteiger partial charge in [0.15, 0.2) is 5.76 Å². The number of carbonyl (C=O) groups is 3. The molecule has 0 bridgehead atoms. The Kier molecular flexibility index (Phi) is 4.91. The Balaban J connectivity index is 2.49. The lowest BCUT2D eigenvalue weighted by Crippen LogP contribution is -2.29. The highest BCUT2D eigenvalue weighted by atomic mass is 16.6. The number of furan rings is 1. The number of esters is 2. The van der Waals surface area contributed by atoms with E-state index in [9.17, 15) is 14.4 Å². The second-order valence-electron chi connectivity index (χ2n) is 3.31. The van der Waals surface area contributed by atoms with E-state index in [2.05, 4.69) is 10.1 Å². The lowest BCUT2D eigenvalue weighted by atomic mass is 10.4. The molecule has 0 fully saturated rings. The summed E-state index contributed by atoms with van der Waals surface area (Å²) in [6, 6.07) is 2.93. The second-order valence-corrected chi connectivity index (χ2v) is 3.31. The Morgan fingerprint density at radius 2 is 2.06 bits per heavy atom. The molecule has 1 heterocycles. The van der Waals surface area contributed by atoms with Gasteiger partial charge in [-0.05, 0) is 12.1 Å². The lowest BCUT2D eigenvalue weighted by molar-refractivity contribution is -0.143. The summed E-state index contributed by atoms with van der Waals surface area (Å²) in [6.07, 6.45) is 0. The van der Waals surface area contributed by atoms with E-state index in [0.717, 1.165) is 0 Å². The molecule has 1 aromatic rings. The summed E-state index contributed by atoms with van der Waals surface area (Å²) in [6.45, 7) is 0.988. The van der Waals surface area contributed by atoms with E-state index in [4.69, 9.17) is 9.15 Å². The fraction of sp³-hybridized carbons (Fsp3) is 0.364. The Hall–Kier alpha value is -2.31. The molecule has 0 aliphatic heterocycles. The first-order chi connectivity index (χ1) is 8.52. The maximum absolute atomic E-state index is 11.5. The van der Waals surface area contributed by atoms with Gasteiger partial charge in [0.2, 0.25) is 0 Å². The lowest BCUT2D eigenvalue weighted by Gasteiger charge is -2.01. The third-order valence-electron chi connectivity index (χ3n) is 1.92. The van der Waals surface area contributed by atoms with Gasteiger partial charge < -0.3 is 19.2 Å². The molecule has 18 heavy (non-hydrogen) atoms. The van der Waals surface area contributed by atoms with Gasteiger partial charge in [-0.1, -0.05) is 0 Å². The van der Waals surface area contributed by atoms with Gasteiger partial charge in [0, 0.05) is 6.92 Å². The summed E-state index contributed by atoms with van der Waals surface area (Å²) in [4.78, 5) is 32.9. The fourth-order valence-electron chi connectivity index (χ4n) is 1.06. The summed E-state index contributed by atoms with van der Waals surface area (Å²) in [5.41, 5.74) is 0. The van der Waals surface area contributed by atoms with Crippen molar-refractivity contribution in [1.29, 1.82) is 0 Å². The van der Waals surface area contributed by atoms with Crippen LogP contribution in [0.3, 0.4) is 0 Å². The van der Waals surface area contributed by atoms with Crippen molar-refractivity contribution < 1.29 is 28.3 Å². The highest BCUT2D eigenvalue weighted by Gasteiger charge is 2.12. The normalized spacial score (nSPS) is 9.67. The molecule has 0 spiro atoms. The van der Waals surface area contributed by atoms with Gasteiger partial charge in [-0.3, -0.25) is 14.4 Å². The number of methoxy groups -OCH3 is 1. The van der Waals surface area contributed by atoms with Crippen LogP contribution in [0.5, 0.6) is 0 Å². The van der Waals surface area contributed by atoms with Crippen LogP contribution in [0.2, 0.25) is 0 Å². The van der Waals surface area contributed by atoms with E-state index >= 15 is 0 Å². The monoisotopic (exact) mass is 258 g/mol. The first-order valence-corrected chi connectivity index (χ1v) is 5.10. The van der Waals surface area contributed by atoms with Crippen molar-refractivity contribution in [2.24, 2.45) is 0 Å². The Bertz CT molecular complexity index is 450. The number of amides is 1. The first kappa shape index (κ1) is 13.8. The van der Waals surface area contributed by atoms with Crippen LogP contribution in [-0.4, -0.2) is 31.5 Å². The summed E-state index contributed by atoms with van der Waals surface area (Å²) in [7, 11) is 1.22. The minimum absolute atomic E-state index is 0.0288. The molecular formula is C11H13NO6. The molecule has 98 valence electrons. The zero-order valence-corrected chi connectivity index (χ0v) is 10.0. The van der Waals surface area contributed by atoms with Crippen molar-refractivity contribution >= 4 is 17.8 Å². The molecule has 0 saturated carbocycles. The van der Waals surface area contributed by atoms with E-state index in [-0.39, 0.29) is 18.9 Å². The fourth-order valence-corrected chi connectivity index (χ4v) is 1.06. The van der Waals surface area contributed by atoms with Crippen molar-refractivity contribution in [3.63, 3.8) is 0 Å². The van der Waals surface area contributed by atoms with Crippen LogP contribution in [0.15, 0.2) is 16.5 Å². The van der Waals surface area contributed by atoms with Crippen molar-refractivity contribution in [1.82, 2.24) is 5.32 Å². The van der Waals surface area contributed by atoms with Crippen LogP contribution < -0.4 is 5.32 Å². The van der Waals surface area contributed by atoms with E-state index < -0.39 is 17.8 Å². The summed E-state index contributed by atoms with van der Waals surface area (Å²) >= 11 is 0. The van der Waals surface area contributed by atoms with E-state index in [0.29, 0.717) is 5.76 Å². The summed E-state index contributed by atoms with van der Waals surface area (Å²) in [5, 5.41) is 2.31. The average Bonchev–Trinajstić information content (AvgIpc) is 2.81. The number of hydrogen-bond donors (Lipinski definition) is 1. The number of ether oxygens (including phenoxy) is 2. The highest BCUT2D eigenvalue weighted by Crippen LogP contribution is 2.09. The molecule has 0 radical (unpaired) electrons. The van der Waals surface area contributed by atoms with Crippen LogP contribution >= 0.6 is 0 Å². The van der Waals surface area contributed by atoms with Crippen LogP contribution in [0.1, 0.15) is 23.2 Å². The zero-order chi connectivity index (χ0) is 13.5. The van der Waals surface area contributed by atoms with Crippen molar-refractivity contribution in [3.05, 3.63) is 23.7 Å². The average molecular weight is 258 g/mol.